The number of nitrogens with zero attached hydrogens (tertiary/aromatic N) is 2. The lowest BCUT2D eigenvalue weighted by atomic mass is 10.00. The SMILES string of the molecule is COc1ccc(S(=O)(=O)N(CC(=O)N2CCc3ccccc3C2)c2ccc(C)cc2)cc1Br. The number of halogens is 1. The predicted octanol–water partition coefficient (Wildman–Crippen LogP) is 4.55. The average Bonchev–Trinajstić information content (AvgIpc) is 2.82. The van der Waals surface area contributed by atoms with Crippen LogP contribution in [0.5, 0.6) is 5.75 Å². The van der Waals surface area contributed by atoms with E-state index >= 15 is 0 Å². The molecular formula is C25H25BrN2O4S. The lowest BCUT2D eigenvalue weighted by Crippen LogP contribution is -2.44. The van der Waals surface area contributed by atoms with Gasteiger partial charge in [-0.05, 0) is 70.7 Å². The van der Waals surface area contributed by atoms with E-state index in [1.54, 1.807) is 23.1 Å². The minimum atomic E-state index is -4.01. The van der Waals surface area contributed by atoms with Crippen molar-refractivity contribution in [3.05, 3.63) is 87.9 Å². The van der Waals surface area contributed by atoms with E-state index in [4.69, 9.17) is 4.74 Å². The Kier molecular flexibility index (Phi) is 6.76. The second-order valence-corrected chi connectivity index (χ2v) is 10.7. The molecule has 0 saturated carbocycles. The van der Waals surface area contributed by atoms with Crippen molar-refractivity contribution in [3.8, 4) is 5.75 Å². The van der Waals surface area contributed by atoms with Crippen LogP contribution in [0.3, 0.4) is 0 Å². The number of methoxy groups -OCH3 is 1. The van der Waals surface area contributed by atoms with Crippen LogP contribution in [-0.2, 0) is 27.8 Å². The Bertz CT molecular complexity index is 1280. The van der Waals surface area contributed by atoms with Gasteiger partial charge in [-0.25, -0.2) is 8.42 Å². The van der Waals surface area contributed by atoms with Crippen molar-refractivity contribution >= 4 is 37.5 Å². The van der Waals surface area contributed by atoms with Crippen molar-refractivity contribution in [1.82, 2.24) is 4.90 Å². The van der Waals surface area contributed by atoms with Crippen molar-refractivity contribution in [3.63, 3.8) is 0 Å². The molecule has 0 saturated heterocycles. The van der Waals surface area contributed by atoms with Crippen LogP contribution in [0.4, 0.5) is 5.69 Å². The summed E-state index contributed by atoms with van der Waals surface area (Å²) in [5.74, 6) is 0.292. The maximum Gasteiger partial charge on any atom is 0.264 e. The zero-order valence-electron chi connectivity index (χ0n) is 18.5. The third kappa shape index (κ3) is 4.91. The van der Waals surface area contributed by atoms with Crippen molar-refractivity contribution in [2.24, 2.45) is 0 Å². The predicted molar refractivity (Wildman–Crippen MR) is 132 cm³/mol. The largest absolute Gasteiger partial charge is 0.496 e. The van der Waals surface area contributed by atoms with Crippen LogP contribution in [0.25, 0.3) is 0 Å². The molecule has 172 valence electrons. The smallest absolute Gasteiger partial charge is 0.264 e. The average molecular weight is 529 g/mol. The number of hydrogen-bond acceptors (Lipinski definition) is 4. The summed E-state index contributed by atoms with van der Waals surface area (Å²) in [5.41, 5.74) is 3.77. The van der Waals surface area contributed by atoms with E-state index in [1.807, 2.05) is 37.3 Å². The van der Waals surface area contributed by atoms with E-state index in [2.05, 4.69) is 22.0 Å². The molecular weight excluding hydrogens is 504 g/mol. The van der Waals surface area contributed by atoms with Crippen LogP contribution >= 0.6 is 15.9 Å². The second kappa shape index (κ2) is 9.57. The third-order valence-electron chi connectivity index (χ3n) is 5.80. The molecule has 3 aromatic rings. The Labute approximate surface area is 203 Å². The van der Waals surface area contributed by atoms with E-state index in [0.717, 1.165) is 17.5 Å². The Morgan fingerprint density at radius 1 is 1.06 bits per heavy atom. The first-order chi connectivity index (χ1) is 15.8. The third-order valence-corrected chi connectivity index (χ3v) is 8.18. The Morgan fingerprint density at radius 2 is 1.76 bits per heavy atom. The van der Waals surface area contributed by atoms with Crippen LogP contribution in [-0.4, -0.2) is 39.4 Å². The van der Waals surface area contributed by atoms with Crippen LogP contribution in [0.15, 0.2) is 76.1 Å². The molecule has 0 radical (unpaired) electrons. The lowest BCUT2D eigenvalue weighted by Gasteiger charge is -2.32. The van der Waals surface area contributed by atoms with Crippen molar-refractivity contribution in [1.29, 1.82) is 0 Å². The highest BCUT2D eigenvalue weighted by atomic mass is 79.9. The first-order valence-electron chi connectivity index (χ1n) is 10.6. The van der Waals surface area contributed by atoms with Gasteiger partial charge in [0.15, 0.2) is 0 Å². The number of amides is 1. The van der Waals surface area contributed by atoms with E-state index in [-0.39, 0.29) is 17.3 Å². The fourth-order valence-corrected chi connectivity index (χ4v) is 6.03. The number of hydrogen-bond donors (Lipinski definition) is 0. The highest BCUT2D eigenvalue weighted by Gasteiger charge is 2.30. The molecule has 8 heteroatoms. The summed E-state index contributed by atoms with van der Waals surface area (Å²) in [4.78, 5) is 15.1. The topological polar surface area (TPSA) is 66.9 Å². The molecule has 0 aromatic heterocycles. The molecule has 1 heterocycles. The van der Waals surface area contributed by atoms with Gasteiger partial charge in [0.2, 0.25) is 5.91 Å². The van der Waals surface area contributed by atoms with Crippen molar-refractivity contribution < 1.29 is 17.9 Å². The summed E-state index contributed by atoms with van der Waals surface area (Å²) in [6.45, 7) is 2.69. The highest BCUT2D eigenvalue weighted by molar-refractivity contribution is 9.10. The molecule has 0 bridgehead atoms. The van der Waals surface area contributed by atoms with Gasteiger partial charge in [0.05, 0.1) is 22.2 Å². The number of carbonyl (C=O) groups excluding carboxylic acids is 1. The normalized spacial score (nSPS) is 13.4. The summed E-state index contributed by atoms with van der Waals surface area (Å²) in [5, 5.41) is 0. The molecule has 1 aliphatic heterocycles. The molecule has 33 heavy (non-hydrogen) atoms. The number of carbonyl (C=O) groups is 1. The standard InChI is InChI=1S/C25H25BrN2O4S/c1-18-7-9-21(10-8-18)28(33(30,31)22-11-12-24(32-2)23(26)15-22)17-25(29)27-14-13-19-5-3-4-6-20(19)16-27/h3-12,15H,13-14,16-17H2,1-2H3. The zero-order chi connectivity index (χ0) is 23.6. The first-order valence-corrected chi connectivity index (χ1v) is 12.8. The van der Waals surface area contributed by atoms with Gasteiger partial charge >= 0.3 is 0 Å². The number of ether oxygens (including phenoxy) is 1. The van der Waals surface area contributed by atoms with Gasteiger partial charge in [-0.15, -0.1) is 0 Å². The number of anilines is 1. The number of rotatable bonds is 6. The summed E-state index contributed by atoms with van der Waals surface area (Å²) in [6.07, 6.45) is 0.755. The fraction of sp³-hybridized carbons (Fsp3) is 0.240. The number of aryl methyl sites for hydroxylation is 1. The van der Waals surface area contributed by atoms with E-state index < -0.39 is 10.0 Å². The molecule has 0 N–H and O–H groups in total. The van der Waals surface area contributed by atoms with Gasteiger partial charge in [0, 0.05) is 13.1 Å². The number of sulfonamides is 1. The molecule has 1 amide bonds. The quantitative estimate of drug-likeness (QED) is 0.470. The molecule has 0 atom stereocenters. The van der Waals surface area contributed by atoms with Crippen LogP contribution < -0.4 is 9.04 Å². The van der Waals surface area contributed by atoms with Crippen LogP contribution in [0, 0.1) is 6.92 Å². The number of fused-ring (bicyclic) bond motifs is 1. The fourth-order valence-electron chi connectivity index (χ4n) is 3.89. The van der Waals surface area contributed by atoms with E-state index in [1.165, 1.54) is 29.1 Å². The van der Waals surface area contributed by atoms with Crippen molar-refractivity contribution in [2.45, 2.75) is 24.8 Å². The van der Waals surface area contributed by atoms with Crippen LogP contribution in [0.2, 0.25) is 0 Å². The first kappa shape index (κ1) is 23.3. The molecule has 1 aliphatic rings. The van der Waals surface area contributed by atoms with Gasteiger partial charge < -0.3 is 9.64 Å². The monoisotopic (exact) mass is 528 g/mol. The minimum Gasteiger partial charge on any atom is -0.496 e. The van der Waals surface area contributed by atoms with Crippen LogP contribution in [0.1, 0.15) is 16.7 Å². The Hall–Kier alpha value is -2.84. The Morgan fingerprint density at radius 3 is 2.42 bits per heavy atom. The number of benzene rings is 3. The molecule has 0 aliphatic carbocycles. The molecule has 0 unspecified atom stereocenters. The van der Waals surface area contributed by atoms with Gasteiger partial charge in [-0.2, -0.15) is 0 Å². The summed E-state index contributed by atoms with van der Waals surface area (Å²) < 4.78 is 34.3. The van der Waals surface area contributed by atoms with Crippen molar-refractivity contribution in [2.75, 3.05) is 24.5 Å². The maximum absolute atomic E-state index is 13.7. The zero-order valence-corrected chi connectivity index (χ0v) is 20.9. The summed E-state index contributed by atoms with van der Waals surface area (Å²) in [6, 6.07) is 19.7. The molecule has 3 aromatic carbocycles. The molecule has 4 rings (SSSR count). The van der Waals surface area contributed by atoms with Gasteiger partial charge in [0.1, 0.15) is 12.3 Å². The second-order valence-electron chi connectivity index (χ2n) is 7.98. The highest BCUT2D eigenvalue weighted by Crippen LogP contribution is 2.31. The Balaban J connectivity index is 1.66. The van der Waals surface area contributed by atoms with E-state index in [9.17, 15) is 13.2 Å². The molecule has 6 nitrogen and oxygen atoms in total. The lowest BCUT2D eigenvalue weighted by molar-refractivity contribution is -0.130. The molecule has 0 fully saturated rings. The van der Waals surface area contributed by atoms with Gasteiger partial charge in [-0.1, -0.05) is 42.0 Å². The van der Waals surface area contributed by atoms with Gasteiger partial charge in [0.25, 0.3) is 10.0 Å². The van der Waals surface area contributed by atoms with Gasteiger partial charge in [-0.3, -0.25) is 9.10 Å². The molecule has 0 spiro atoms. The maximum atomic E-state index is 13.7. The summed E-state index contributed by atoms with van der Waals surface area (Å²) >= 11 is 3.36. The minimum absolute atomic E-state index is 0.0764. The summed E-state index contributed by atoms with van der Waals surface area (Å²) in [7, 11) is -2.49. The van der Waals surface area contributed by atoms with E-state index in [0.29, 0.717) is 29.0 Å².